The molecule has 0 aromatic heterocycles. The zero-order valence-electron chi connectivity index (χ0n) is 41.3. The van der Waals surface area contributed by atoms with E-state index in [0.29, 0.717) is 43.0 Å². The number of ether oxygens (including phenoxy) is 1. The van der Waals surface area contributed by atoms with Crippen molar-refractivity contribution in [1.82, 2.24) is 14.8 Å². The van der Waals surface area contributed by atoms with E-state index in [4.69, 9.17) is 15.6 Å². The lowest BCUT2D eigenvalue weighted by molar-refractivity contribution is -0.139. The molecule has 2 aliphatic rings. The highest BCUT2D eigenvalue weighted by atomic mass is 32.2. The molecular formula is C51H72N6O9S2. The Hall–Kier alpha value is -5.49. The van der Waals surface area contributed by atoms with Crippen molar-refractivity contribution in [1.29, 1.82) is 0 Å². The number of carboxylic acid groups (broad SMARTS) is 1. The van der Waals surface area contributed by atoms with Gasteiger partial charge in [-0.25, -0.2) is 9.59 Å². The third-order valence-electron chi connectivity index (χ3n) is 10.6. The van der Waals surface area contributed by atoms with Crippen LogP contribution in [0.15, 0.2) is 97.1 Å². The second kappa shape index (κ2) is 23.2. The van der Waals surface area contributed by atoms with Crippen molar-refractivity contribution >= 4 is 55.3 Å². The van der Waals surface area contributed by atoms with Crippen LogP contribution in [-0.2, 0) is 66.8 Å². The van der Waals surface area contributed by atoms with E-state index in [1.54, 1.807) is 26.8 Å². The zero-order valence-corrected chi connectivity index (χ0v) is 42.9. The number of carbonyl (C=O) groups is 3. The Morgan fingerprint density at radius 3 is 1.59 bits per heavy atom. The molecular weight excluding hydrogens is 905 g/mol. The lowest BCUT2D eigenvalue weighted by Gasteiger charge is -2.34. The first-order valence-electron chi connectivity index (χ1n) is 23.0. The molecule has 2 atom stereocenters. The van der Waals surface area contributed by atoms with Crippen molar-refractivity contribution in [3.8, 4) is 0 Å². The van der Waals surface area contributed by atoms with E-state index in [1.165, 1.54) is 8.61 Å². The van der Waals surface area contributed by atoms with Gasteiger partial charge in [0.1, 0.15) is 17.4 Å². The molecule has 0 saturated heterocycles. The van der Waals surface area contributed by atoms with Crippen LogP contribution in [0.1, 0.15) is 110 Å². The first-order chi connectivity index (χ1) is 31.5. The molecule has 0 fully saturated rings. The molecule has 17 heteroatoms. The number of hydrogen-bond donors (Lipinski definition) is 5. The number of fused-ring (bicyclic) bond motifs is 2. The Labute approximate surface area is 404 Å². The Morgan fingerprint density at radius 1 is 0.662 bits per heavy atom. The maximum Gasteiger partial charge on any atom is 0.408 e. The number of nitrogens with zero attached hydrogens (tertiary/aromatic N) is 2. The van der Waals surface area contributed by atoms with Crippen molar-refractivity contribution in [2.75, 3.05) is 27.4 Å². The molecule has 0 bridgehead atoms. The number of benzene rings is 4. The highest BCUT2D eigenvalue weighted by molar-refractivity contribution is 7.91. The molecule has 4 aromatic rings. The van der Waals surface area contributed by atoms with Gasteiger partial charge in [0.05, 0.1) is 11.4 Å². The highest BCUT2D eigenvalue weighted by Crippen LogP contribution is 2.34. The summed E-state index contributed by atoms with van der Waals surface area (Å²) in [6.45, 7) is 19.0. The molecule has 15 nitrogen and oxygen atoms in total. The number of aliphatic carboxylic acids is 1. The predicted molar refractivity (Wildman–Crippen MR) is 271 cm³/mol. The SMILES string of the molecule is CC(C)(C)NS(=O)(=O)N1CCCc2c(N)cccc21.CC(C)(C)OC(=O)N[C@@H](Cc1ccccc1)C(=O)O.C[C@@H](Cc1ccccc1)C(=O)Cc1cccc2c1CCCN2S(=O)(=O)NC(C)(C)C. The summed E-state index contributed by atoms with van der Waals surface area (Å²) in [7, 11) is -7.20. The number of alkyl carbamates (subject to hydrolysis) is 1. The smallest absolute Gasteiger partial charge is 0.408 e. The van der Waals surface area contributed by atoms with Gasteiger partial charge in [-0.15, -0.1) is 0 Å². The van der Waals surface area contributed by atoms with Gasteiger partial charge in [0.2, 0.25) is 0 Å². The van der Waals surface area contributed by atoms with Gasteiger partial charge < -0.3 is 20.9 Å². The van der Waals surface area contributed by atoms with Crippen molar-refractivity contribution < 1.29 is 41.1 Å². The number of carboxylic acids is 1. The van der Waals surface area contributed by atoms with Crippen LogP contribution in [0.3, 0.4) is 0 Å². The van der Waals surface area contributed by atoms with Gasteiger partial charge in [-0.3, -0.25) is 13.4 Å². The molecule has 0 radical (unpaired) electrons. The van der Waals surface area contributed by atoms with Crippen LogP contribution in [0.2, 0.25) is 0 Å². The lowest BCUT2D eigenvalue weighted by atomic mass is 9.89. The van der Waals surface area contributed by atoms with Gasteiger partial charge in [-0.05, 0) is 140 Å². The second-order valence-electron chi connectivity index (χ2n) is 20.3. The molecule has 2 aliphatic heterocycles. The molecule has 1 amide bonds. The molecule has 6 rings (SSSR count). The Bertz CT molecular complexity index is 2550. The summed E-state index contributed by atoms with van der Waals surface area (Å²) in [5, 5.41) is 11.5. The quantitative estimate of drug-likeness (QED) is 0.0816. The van der Waals surface area contributed by atoms with Crippen LogP contribution in [0.4, 0.5) is 21.9 Å². The minimum absolute atomic E-state index is 0.0887. The van der Waals surface area contributed by atoms with Crippen LogP contribution in [0, 0.1) is 5.92 Å². The third kappa shape index (κ3) is 17.2. The van der Waals surface area contributed by atoms with Crippen LogP contribution in [0.5, 0.6) is 0 Å². The molecule has 372 valence electrons. The number of ketones is 1. The largest absolute Gasteiger partial charge is 0.480 e. The first-order valence-corrected chi connectivity index (χ1v) is 25.9. The van der Waals surface area contributed by atoms with Gasteiger partial charge in [0, 0.05) is 48.6 Å². The number of hydrogen-bond acceptors (Lipinski definition) is 9. The zero-order chi connectivity index (χ0) is 50.7. The van der Waals surface area contributed by atoms with E-state index in [2.05, 4.69) is 14.8 Å². The van der Waals surface area contributed by atoms with Crippen LogP contribution in [-0.4, -0.2) is 75.6 Å². The molecule has 0 spiro atoms. The van der Waals surface area contributed by atoms with E-state index in [0.717, 1.165) is 53.5 Å². The summed E-state index contributed by atoms with van der Waals surface area (Å²) in [5.41, 5.74) is 11.1. The summed E-state index contributed by atoms with van der Waals surface area (Å²) >= 11 is 0. The van der Waals surface area contributed by atoms with Gasteiger partial charge in [-0.2, -0.15) is 26.3 Å². The molecule has 0 aliphatic carbocycles. The fourth-order valence-electron chi connectivity index (χ4n) is 7.77. The highest BCUT2D eigenvalue weighted by Gasteiger charge is 2.33. The number of amides is 1. The van der Waals surface area contributed by atoms with Gasteiger partial charge in [0.25, 0.3) is 0 Å². The van der Waals surface area contributed by atoms with Crippen LogP contribution in [0.25, 0.3) is 0 Å². The van der Waals surface area contributed by atoms with Crippen LogP contribution >= 0.6 is 0 Å². The summed E-state index contributed by atoms with van der Waals surface area (Å²) in [6, 6.07) is 29.2. The van der Waals surface area contributed by atoms with Crippen molar-refractivity contribution in [3.63, 3.8) is 0 Å². The number of nitrogens with two attached hydrogens (primary N) is 1. The Morgan fingerprint density at radius 2 is 1.12 bits per heavy atom. The molecule has 2 heterocycles. The normalized spacial score (nSPS) is 14.9. The molecule has 4 aromatic carbocycles. The topological polar surface area (TPSA) is 218 Å². The predicted octanol–water partition coefficient (Wildman–Crippen LogP) is 7.92. The fourth-order valence-corrected chi connectivity index (χ4v) is 11.1. The lowest BCUT2D eigenvalue weighted by Crippen LogP contribution is -2.50. The molecule has 0 unspecified atom stereocenters. The number of anilines is 3. The second-order valence-corrected chi connectivity index (χ2v) is 23.5. The van der Waals surface area contributed by atoms with Crippen molar-refractivity contribution in [2.24, 2.45) is 5.92 Å². The van der Waals surface area contributed by atoms with Crippen molar-refractivity contribution in [3.05, 3.63) is 125 Å². The third-order valence-corrected chi connectivity index (χ3v) is 14.2. The van der Waals surface area contributed by atoms with Gasteiger partial charge >= 0.3 is 32.5 Å². The number of Topliss-reactive ketones (excluding diaryl/α,β-unsaturated/α-hetero) is 1. The minimum Gasteiger partial charge on any atom is -0.480 e. The van der Waals surface area contributed by atoms with Crippen molar-refractivity contribution in [2.45, 2.75) is 137 Å². The van der Waals surface area contributed by atoms with Crippen LogP contribution < -0.4 is 29.1 Å². The number of rotatable bonds is 13. The number of nitrogens with one attached hydrogen (secondary N) is 3. The molecule has 0 saturated carbocycles. The molecule has 6 N–H and O–H groups in total. The number of nitrogen functional groups attached to an aromatic ring is 1. The maximum atomic E-state index is 13.0. The van der Waals surface area contributed by atoms with E-state index in [9.17, 15) is 31.2 Å². The van der Waals surface area contributed by atoms with E-state index in [-0.39, 0.29) is 18.1 Å². The van der Waals surface area contributed by atoms with Gasteiger partial charge in [0.15, 0.2) is 0 Å². The monoisotopic (exact) mass is 976 g/mol. The van der Waals surface area contributed by atoms with E-state index >= 15 is 0 Å². The summed E-state index contributed by atoms with van der Waals surface area (Å²) in [6.07, 6.45) is 3.67. The Kier molecular flexibility index (Phi) is 18.8. The summed E-state index contributed by atoms with van der Waals surface area (Å²) < 4.78 is 64.2. The van der Waals surface area contributed by atoms with E-state index in [1.807, 2.05) is 139 Å². The van der Waals surface area contributed by atoms with Gasteiger partial charge in [-0.1, -0.05) is 85.8 Å². The summed E-state index contributed by atoms with van der Waals surface area (Å²) in [4.78, 5) is 35.6. The maximum absolute atomic E-state index is 13.0. The van der Waals surface area contributed by atoms with E-state index < -0.39 is 55.2 Å². The Balaban J connectivity index is 0.000000233. The minimum atomic E-state index is -3.66. The standard InChI is InChI=1S/C24H32N2O3S.C14H19NO4.C13H21N3O2S/c1-18(16-19-10-6-5-7-11-19)23(27)17-20-12-8-14-22-21(20)13-9-15-26(22)30(28,29)25-24(2,3)4;1-14(2,3)19-13(18)15-11(12(16)17)9-10-7-5-4-6-8-10;1-13(2,3)15-19(17,18)16-9-5-6-10-11(14)7-4-8-12(10)16/h5-8,10-12,14,18,25H,9,13,15-17H2,1-4H3;4-8,11H,9H2,1-3H3,(H,15,18)(H,16,17);4,7-8,15H,5-6,9,14H2,1-3H3/t18-;11-;/m00./s1. The summed E-state index contributed by atoms with van der Waals surface area (Å²) in [5.74, 6) is -0.996. The average Bonchev–Trinajstić information content (AvgIpc) is 3.22. The first kappa shape index (κ1) is 55.1. The average molecular weight is 977 g/mol. The number of carbonyl (C=O) groups excluding carboxylic acids is 2. The fraction of sp³-hybridized carbons (Fsp3) is 0.471. The molecule has 68 heavy (non-hydrogen) atoms.